The van der Waals surface area contributed by atoms with Crippen molar-refractivity contribution in [2.45, 2.75) is 0 Å². The van der Waals surface area contributed by atoms with Gasteiger partial charge in [-0.3, -0.25) is 4.79 Å². The third kappa shape index (κ3) is 4.28. The Balaban J connectivity index is 1.79. The molecule has 2 N–H and O–H groups in total. The summed E-state index contributed by atoms with van der Waals surface area (Å²) >= 11 is 12.1. The minimum absolute atomic E-state index is 0.156. The summed E-state index contributed by atoms with van der Waals surface area (Å²) in [6.07, 6.45) is 1.45. The molecule has 128 valence electrons. The van der Waals surface area contributed by atoms with Gasteiger partial charge < -0.3 is 10.6 Å². The molecule has 6 nitrogen and oxygen atoms in total. The predicted octanol–water partition coefficient (Wildman–Crippen LogP) is 4.65. The Bertz CT molecular complexity index is 1020. The summed E-state index contributed by atoms with van der Waals surface area (Å²) in [4.78, 5) is 20.6. The van der Waals surface area contributed by atoms with Crippen molar-refractivity contribution >= 4 is 46.4 Å². The molecular weight excluding hydrogens is 373 g/mol. The first kappa shape index (κ1) is 17.7. The second kappa shape index (κ2) is 7.83. The average molecular weight is 384 g/mol. The predicted molar refractivity (Wildman–Crippen MR) is 101 cm³/mol. The minimum atomic E-state index is -0.428. The van der Waals surface area contributed by atoms with E-state index in [0.717, 1.165) is 0 Å². The Kier molecular flexibility index (Phi) is 5.32. The third-order valence-corrected chi connectivity index (χ3v) is 3.88. The lowest BCUT2D eigenvalue weighted by Gasteiger charge is -2.09. The van der Waals surface area contributed by atoms with E-state index in [2.05, 4.69) is 20.6 Å². The monoisotopic (exact) mass is 383 g/mol. The van der Waals surface area contributed by atoms with Gasteiger partial charge in [0.25, 0.3) is 5.91 Å². The number of nitrogens with zero attached hydrogens (tertiary/aromatic N) is 3. The molecule has 0 spiro atoms. The van der Waals surface area contributed by atoms with Crippen LogP contribution < -0.4 is 10.6 Å². The lowest BCUT2D eigenvalue weighted by atomic mass is 10.2. The molecule has 0 unspecified atom stereocenters. The van der Waals surface area contributed by atoms with Crippen molar-refractivity contribution in [3.63, 3.8) is 0 Å². The quantitative estimate of drug-likeness (QED) is 0.683. The van der Waals surface area contributed by atoms with E-state index in [1.165, 1.54) is 12.3 Å². The maximum atomic E-state index is 12.4. The highest BCUT2D eigenvalue weighted by atomic mass is 35.5. The average Bonchev–Trinajstić information content (AvgIpc) is 2.65. The summed E-state index contributed by atoms with van der Waals surface area (Å²) in [5.74, 6) is -0.227. The molecule has 0 aliphatic carbocycles. The molecule has 0 fully saturated rings. The van der Waals surface area contributed by atoms with Crippen LogP contribution in [0, 0.1) is 11.3 Å². The van der Waals surface area contributed by atoms with Gasteiger partial charge in [0, 0.05) is 16.9 Å². The number of nitrogens with one attached hydrogen (secondary N) is 2. The Morgan fingerprint density at radius 2 is 1.96 bits per heavy atom. The van der Waals surface area contributed by atoms with Gasteiger partial charge in [0.15, 0.2) is 0 Å². The normalized spacial score (nSPS) is 10.0. The zero-order valence-corrected chi connectivity index (χ0v) is 14.7. The number of benzene rings is 2. The molecule has 2 aromatic carbocycles. The van der Waals surface area contributed by atoms with Gasteiger partial charge in [-0.2, -0.15) is 5.26 Å². The Hall–Kier alpha value is -3.14. The molecule has 26 heavy (non-hydrogen) atoms. The van der Waals surface area contributed by atoms with Crippen LogP contribution in [0.2, 0.25) is 10.0 Å². The molecule has 0 saturated carbocycles. The van der Waals surface area contributed by atoms with Crippen molar-refractivity contribution in [2.75, 3.05) is 10.6 Å². The summed E-state index contributed by atoms with van der Waals surface area (Å²) in [7, 11) is 0. The highest BCUT2D eigenvalue weighted by Gasteiger charge is 2.11. The van der Waals surface area contributed by atoms with Crippen LogP contribution in [0.3, 0.4) is 0 Å². The molecule has 0 aliphatic heterocycles. The van der Waals surface area contributed by atoms with E-state index in [-0.39, 0.29) is 11.6 Å². The number of carbonyl (C=O) groups is 1. The largest absolute Gasteiger partial charge is 0.323 e. The van der Waals surface area contributed by atoms with Crippen LogP contribution in [0.5, 0.6) is 0 Å². The number of anilines is 3. The van der Waals surface area contributed by atoms with E-state index in [4.69, 9.17) is 28.5 Å². The maximum Gasteiger partial charge on any atom is 0.274 e. The van der Waals surface area contributed by atoms with Crippen molar-refractivity contribution < 1.29 is 4.79 Å². The second-order valence-electron chi connectivity index (χ2n) is 5.16. The van der Waals surface area contributed by atoms with E-state index >= 15 is 0 Å². The Morgan fingerprint density at radius 3 is 2.77 bits per heavy atom. The van der Waals surface area contributed by atoms with E-state index in [1.807, 2.05) is 6.07 Å². The van der Waals surface area contributed by atoms with Crippen LogP contribution in [0.25, 0.3) is 0 Å². The van der Waals surface area contributed by atoms with Gasteiger partial charge >= 0.3 is 0 Å². The van der Waals surface area contributed by atoms with Gasteiger partial charge in [-0.1, -0.05) is 29.3 Å². The van der Waals surface area contributed by atoms with Crippen LogP contribution in [0.1, 0.15) is 16.1 Å². The lowest BCUT2D eigenvalue weighted by Crippen LogP contribution is -2.14. The number of hydrogen-bond acceptors (Lipinski definition) is 5. The number of aromatic nitrogens is 2. The van der Waals surface area contributed by atoms with Crippen molar-refractivity contribution in [1.82, 2.24) is 9.97 Å². The molecule has 1 aromatic heterocycles. The molecule has 0 saturated heterocycles. The minimum Gasteiger partial charge on any atom is -0.323 e. The number of nitriles is 1. The fraction of sp³-hybridized carbons (Fsp3) is 0. The maximum absolute atomic E-state index is 12.4. The molecule has 0 atom stereocenters. The number of halogens is 2. The molecule has 3 aromatic rings. The van der Waals surface area contributed by atoms with E-state index in [9.17, 15) is 4.79 Å². The van der Waals surface area contributed by atoms with Gasteiger partial charge in [0.1, 0.15) is 5.69 Å². The topological polar surface area (TPSA) is 90.7 Å². The molecule has 3 rings (SSSR count). The third-order valence-electron chi connectivity index (χ3n) is 3.31. The van der Waals surface area contributed by atoms with E-state index in [0.29, 0.717) is 27.0 Å². The summed E-state index contributed by atoms with van der Waals surface area (Å²) in [5.41, 5.74) is 1.63. The fourth-order valence-electron chi connectivity index (χ4n) is 2.12. The molecule has 0 bridgehead atoms. The number of rotatable bonds is 4. The Morgan fingerprint density at radius 1 is 1.12 bits per heavy atom. The SMILES string of the molecule is N#Cc1cccc(NC(=O)c2ccnc(Nc3cc(Cl)ccc3Cl)n2)c1. The molecule has 1 heterocycles. The molecular formula is C18H11Cl2N5O. The van der Waals surface area contributed by atoms with Gasteiger partial charge in [-0.05, 0) is 42.5 Å². The lowest BCUT2D eigenvalue weighted by molar-refractivity contribution is 0.102. The van der Waals surface area contributed by atoms with Crippen LogP contribution >= 0.6 is 23.2 Å². The fourth-order valence-corrected chi connectivity index (χ4v) is 2.46. The van der Waals surface area contributed by atoms with Gasteiger partial charge in [-0.25, -0.2) is 9.97 Å². The van der Waals surface area contributed by atoms with Gasteiger partial charge in [0.2, 0.25) is 5.95 Å². The number of hydrogen-bond donors (Lipinski definition) is 2. The number of carbonyl (C=O) groups excluding carboxylic acids is 1. The van der Waals surface area contributed by atoms with E-state index < -0.39 is 5.91 Å². The van der Waals surface area contributed by atoms with Crippen LogP contribution in [0.15, 0.2) is 54.7 Å². The Labute approximate surface area is 159 Å². The molecule has 0 radical (unpaired) electrons. The van der Waals surface area contributed by atoms with Crippen LogP contribution in [-0.2, 0) is 0 Å². The molecule has 1 amide bonds. The first-order valence-corrected chi connectivity index (χ1v) is 8.17. The molecule has 0 aliphatic rings. The highest BCUT2D eigenvalue weighted by Crippen LogP contribution is 2.27. The van der Waals surface area contributed by atoms with Crippen molar-refractivity contribution in [3.05, 3.63) is 76.0 Å². The summed E-state index contributed by atoms with van der Waals surface area (Å²) in [6.45, 7) is 0. The summed E-state index contributed by atoms with van der Waals surface area (Å²) < 4.78 is 0. The van der Waals surface area contributed by atoms with Crippen molar-refractivity contribution in [1.29, 1.82) is 5.26 Å². The van der Waals surface area contributed by atoms with Gasteiger partial charge in [-0.15, -0.1) is 0 Å². The zero-order valence-electron chi connectivity index (χ0n) is 13.2. The summed E-state index contributed by atoms with van der Waals surface area (Å²) in [5, 5.41) is 15.5. The van der Waals surface area contributed by atoms with Crippen molar-refractivity contribution in [3.8, 4) is 6.07 Å². The molecule has 8 heteroatoms. The van der Waals surface area contributed by atoms with Crippen molar-refractivity contribution in [2.24, 2.45) is 0 Å². The van der Waals surface area contributed by atoms with Gasteiger partial charge in [0.05, 0.1) is 22.3 Å². The standard InChI is InChI=1S/C18H11Cl2N5O/c19-12-4-5-14(20)16(9-12)25-18-22-7-6-15(24-18)17(26)23-13-3-1-2-11(8-13)10-21/h1-9H,(H,23,26)(H,22,24,25). The number of amides is 1. The first-order valence-electron chi connectivity index (χ1n) is 7.42. The summed E-state index contributed by atoms with van der Waals surface area (Å²) in [6, 6.07) is 15.0. The second-order valence-corrected chi connectivity index (χ2v) is 6.01. The highest BCUT2D eigenvalue weighted by molar-refractivity contribution is 6.35. The van der Waals surface area contributed by atoms with Crippen LogP contribution in [0.4, 0.5) is 17.3 Å². The van der Waals surface area contributed by atoms with E-state index in [1.54, 1.807) is 42.5 Å². The smallest absolute Gasteiger partial charge is 0.274 e. The zero-order chi connectivity index (χ0) is 18.5. The first-order chi connectivity index (χ1) is 12.5. The van der Waals surface area contributed by atoms with Crippen LogP contribution in [-0.4, -0.2) is 15.9 Å².